The second-order valence-corrected chi connectivity index (χ2v) is 4.68. The van der Waals surface area contributed by atoms with Gasteiger partial charge in [0.2, 0.25) is 0 Å². The number of aliphatic hydroxyl groups is 1. The molecule has 118 valence electrons. The van der Waals surface area contributed by atoms with Crippen LogP contribution in [0.15, 0.2) is 36.7 Å². The molecule has 1 aromatic heterocycles. The summed E-state index contributed by atoms with van der Waals surface area (Å²) in [7, 11) is 1.54. The summed E-state index contributed by atoms with van der Waals surface area (Å²) in [4.78, 5) is 11.8. The van der Waals surface area contributed by atoms with Gasteiger partial charge in [0, 0.05) is 24.8 Å². The first-order valence-corrected chi connectivity index (χ1v) is 7.02. The molecule has 7 nitrogen and oxygen atoms in total. The molecule has 2 amide bonds. The second-order valence-electron chi connectivity index (χ2n) is 4.68. The quantitative estimate of drug-likeness (QED) is 0.759. The van der Waals surface area contributed by atoms with E-state index >= 15 is 0 Å². The molecule has 1 aromatic carbocycles. The van der Waals surface area contributed by atoms with Crippen LogP contribution in [0.5, 0.6) is 5.75 Å². The number of amides is 2. The first kappa shape index (κ1) is 15.8. The SMILES string of the molecule is CCn1cc(NC(=O)NCC(O)c2ccccc2OC)cn1. The topological polar surface area (TPSA) is 88.4 Å². The fourth-order valence-corrected chi connectivity index (χ4v) is 2.02. The summed E-state index contributed by atoms with van der Waals surface area (Å²) < 4.78 is 6.89. The minimum Gasteiger partial charge on any atom is -0.496 e. The Morgan fingerprint density at radius 3 is 2.91 bits per heavy atom. The maximum atomic E-state index is 11.8. The molecular formula is C15H20N4O3. The lowest BCUT2D eigenvalue weighted by Crippen LogP contribution is -2.32. The van der Waals surface area contributed by atoms with Gasteiger partial charge in [0.15, 0.2) is 0 Å². The van der Waals surface area contributed by atoms with Crippen LogP contribution in [-0.2, 0) is 6.54 Å². The molecule has 2 aromatic rings. The average molecular weight is 304 g/mol. The van der Waals surface area contributed by atoms with E-state index in [0.29, 0.717) is 17.0 Å². The van der Waals surface area contributed by atoms with Crippen LogP contribution in [-0.4, -0.2) is 34.6 Å². The Balaban J connectivity index is 1.87. The predicted octanol–water partition coefficient (Wildman–Crippen LogP) is 1.77. The van der Waals surface area contributed by atoms with Gasteiger partial charge in [-0.3, -0.25) is 4.68 Å². The Kier molecular flexibility index (Phi) is 5.37. The average Bonchev–Trinajstić information content (AvgIpc) is 3.00. The minimum absolute atomic E-state index is 0.0775. The number of ether oxygens (including phenoxy) is 1. The van der Waals surface area contributed by atoms with Gasteiger partial charge in [0.1, 0.15) is 5.75 Å². The van der Waals surface area contributed by atoms with Crippen LogP contribution in [0, 0.1) is 0 Å². The second kappa shape index (κ2) is 7.46. The number of methoxy groups -OCH3 is 1. The number of aromatic nitrogens is 2. The van der Waals surface area contributed by atoms with E-state index in [1.165, 1.54) is 7.11 Å². The van der Waals surface area contributed by atoms with E-state index in [0.717, 1.165) is 6.54 Å². The number of carbonyl (C=O) groups is 1. The van der Waals surface area contributed by atoms with E-state index in [2.05, 4.69) is 15.7 Å². The number of anilines is 1. The highest BCUT2D eigenvalue weighted by Crippen LogP contribution is 2.23. The number of para-hydroxylation sites is 1. The van der Waals surface area contributed by atoms with Crippen molar-refractivity contribution in [2.45, 2.75) is 19.6 Å². The van der Waals surface area contributed by atoms with Gasteiger partial charge in [-0.15, -0.1) is 0 Å². The highest BCUT2D eigenvalue weighted by Gasteiger charge is 2.14. The van der Waals surface area contributed by atoms with Crippen molar-refractivity contribution in [2.75, 3.05) is 19.0 Å². The Labute approximate surface area is 128 Å². The van der Waals surface area contributed by atoms with Crippen LogP contribution in [0.25, 0.3) is 0 Å². The van der Waals surface area contributed by atoms with Crippen LogP contribution in [0.4, 0.5) is 10.5 Å². The number of nitrogens with one attached hydrogen (secondary N) is 2. The Bertz CT molecular complexity index is 627. The van der Waals surface area contributed by atoms with E-state index in [9.17, 15) is 9.90 Å². The van der Waals surface area contributed by atoms with Gasteiger partial charge in [0.05, 0.1) is 25.1 Å². The summed E-state index contributed by atoms with van der Waals surface area (Å²) >= 11 is 0. The number of aryl methyl sites for hydroxylation is 1. The number of aliphatic hydroxyl groups excluding tert-OH is 1. The lowest BCUT2D eigenvalue weighted by molar-refractivity contribution is 0.171. The van der Waals surface area contributed by atoms with Gasteiger partial charge in [-0.2, -0.15) is 5.10 Å². The Hall–Kier alpha value is -2.54. The van der Waals surface area contributed by atoms with E-state index in [1.807, 2.05) is 13.0 Å². The van der Waals surface area contributed by atoms with Crippen LogP contribution in [0.2, 0.25) is 0 Å². The molecule has 0 aliphatic heterocycles. The van der Waals surface area contributed by atoms with Crippen LogP contribution in [0.1, 0.15) is 18.6 Å². The third kappa shape index (κ3) is 3.98. The summed E-state index contributed by atoms with van der Waals surface area (Å²) in [6, 6.07) is 6.75. The fourth-order valence-electron chi connectivity index (χ4n) is 2.02. The number of benzene rings is 1. The molecule has 1 atom stereocenters. The van der Waals surface area contributed by atoms with Crippen molar-refractivity contribution in [3.63, 3.8) is 0 Å². The number of nitrogens with zero attached hydrogens (tertiary/aromatic N) is 2. The van der Waals surface area contributed by atoms with Crippen molar-refractivity contribution in [3.8, 4) is 5.75 Å². The van der Waals surface area contributed by atoms with E-state index < -0.39 is 12.1 Å². The van der Waals surface area contributed by atoms with E-state index in [1.54, 1.807) is 35.3 Å². The zero-order chi connectivity index (χ0) is 15.9. The molecule has 0 saturated carbocycles. The highest BCUT2D eigenvalue weighted by molar-refractivity contribution is 5.88. The normalized spacial score (nSPS) is 11.8. The molecule has 1 heterocycles. The van der Waals surface area contributed by atoms with Crippen LogP contribution in [0.3, 0.4) is 0 Å². The van der Waals surface area contributed by atoms with Crippen molar-refractivity contribution in [1.29, 1.82) is 0 Å². The number of rotatable bonds is 6. The van der Waals surface area contributed by atoms with Gasteiger partial charge in [-0.05, 0) is 13.0 Å². The first-order valence-electron chi connectivity index (χ1n) is 7.02. The largest absolute Gasteiger partial charge is 0.496 e. The third-order valence-corrected chi connectivity index (χ3v) is 3.17. The number of hydrogen-bond acceptors (Lipinski definition) is 4. The Morgan fingerprint density at radius 2 is 2.23 bits per heavy atom. The van der Waals surface area contributed by atoms with Crippen molar-refractivity contribution >= 4 is 11.7 Å². The maximum absolute atomic E-state index is 11.8. The molecule has 0 radical (unpaired) electrons. The summed E-state index contributed by atoms with van der Waals surface area (Å²) in [6.07, 6.45) is 2.45. The summed E-state index contributed by atoms with van der Waals surface area (Å²) in [5, 5.41) is 19.5. The fraction of sp³-hybridized carbons (Fsp3) is 0.333. The maximum Gasteiger partial charge on any atom is 0.319 e. The highest BCUT2D eigenvalue weighted by atomic mass is 16.5. The van der Waals surface area contributed by atoms with Gasteiger partial charge in [-0.25, -0.2) is 4.79 Å². The zero-order valence-electron chi connectivity index (χ0n) is 12.6. The van der Waals surface area contributed by atoms with Crippen LogP contribution < -0.4 is 15.4 Å². The molecule has 2 rings (SSSR count). The molecule has 3 N–H and O–H groups in total. The molecule has 0 aliphatic rings. The first-order chi connectivity index (χ1) is 10.6. The molecule has 0 fully saturated rings. The van der Waals surface area contributed by atoms with Crippen LogP contribution >= 0.6 is 0 Å². The van der Waals surface area contributed by atoms with Crippen molar-refractivity contribution in [2.24, 2.45) is 0 Å². The van der Waals surface area contributed by atoms with Gasteiger partial charge in [0.25, 0.3) is 0 Å². The summed E-state index contributed by atoms with van der Waals surface area (Å²) in [6.45, 7) is 2.77. The predicted molar refractivity (Wildman–Crippen MR) is 82.9 cm³/mol. The third-order valence-electron chi connectivity index (χ3n) is 3.17. The molecule has 0 aliphatic carbocycles. The van der Waals surface area contributed by atoms with Gasteiger partial charge < -0.3 is 20.5 Å². The van der Waals surface area contributed by atoms with Crippen molar-refractivity contribution < 1.29 is 14.6 Å². The van der Waals surface area contributed by atoms with E-state index in [4.69, 9.17) is 4.74 Å². The standard InChI is InChI=1S/C15H20N4O3/c1-3-19-10-11(8-17-19)18-15(21)16-9-13(20)12-6-4-5-7-14(12)22-2/h4-8,10,13,20H,3,9H2,1-2H3,(H2,16,18,21). The molecule has 0 bridgehead atoms. The zero-order valence-corrected chi connectivity index (χ0v) is 12.6. The molecular weight excluding hydrogens is 284 g/mol. The van der Waals surface area contributed by atoms with Gasteiger partial charge >= 0.3 is 6.03 Å². The van der Waals surface area contributed by atoms with Gasteiger partial charge in [-0.1, -0.05) is 18.2 Å². The lowest BCUT2D eigenvalue weighted by Gasteiger charge is -2.15. The molecule has 0 saturated heterocycles. The number of carbonyl (C=O) groups excluding carboxylic acids is 1. The Morgan fingerprint density at radius 1 is 1.45 bits per heavy atom. The molecule has 1 unspecified atom stereocenters. The summed E-state index contributed by atoms with van der Waals surface area (Å²) in [5.74, 6) is 0.585. The molecule has 0 spiro atoms. The molecule has 22 heavy (non-hydrogen) atoms. The monoisotopic (exact) mass is 304 g/mol. The van der Waals surface area contributed by atoms with Crippen molar-refractivity contribution in [1.82, 2.24) is 15.1 Å². The number of urea groups is 1. The molecule has 7 heteroatoms. The lowest BCUT2D eigenvalue weighted by atomic mass is 10.1. The minimum atomic E-state index is -0.847. The van der Waals surface area contributed by atoms with Crippen molar-refractivity contribution in [3.05, 3.63) is 42.2 Å². The smallest absolute Gasteiger partial charge is 0.319 e. The number of hydrogen-bond donors (Lipinski definition) is 3. The summed E-state index contributed by atoms with van der Waals surface area (Å²) in [5.41, 5.74) is 1.23. The van der Waals surface area contributed by atoms with E-state index in [-0.39, 0.29) is 6.54 Å².